The molecule has 1 heterocycles. The predicted molar refractivity (Wildman–Crippen MR) is 73.8 cm³/mol. The first-order valence-corrected chi connectivity index (χ1v) is 6.35. The summed E-state index contributed by atoms with van der Waals surface area (Å²) in [6.07, 6.45) is 0.854. The van der Waals surface area contributed by atoms with Crippen LogP contribution in [-0.2, 0) is 0 Å². The van der Waals surface area contributed by atoms with Crippen LogP contribution in [0.25, 0.3) is 0 Å². The zero-order valence-corrected chi connectivity index (χ0v) is 11.2. The summed E-state index contributed by atoms with van der Waals surface area (Å²) >= 11 is 6.03. The molecular formula is C15H16ClNO. The van der Waals surface area contributed by atoms with E-state index in [4.69, 9.17) is 11.6 Å². The van der Waals surface area contributed by atoms with E-state index in [0.29, 0.717) is 16.6 Å². The number of aliphatic hydroxyl groups excluding tert-OH is 1. The lowest BCUT2D eigenvalue weighted by atomic mass is 9.99. The highest BCUT2D eigenvalue weighted by Gasteiger charge is 2.15. The Labute approximate surface area is 112 Å². The molecule has 0 saturated heterocycles. The van der Waals surface area contributed by atoms with Gasteiger partial charge in [-0.05, 0) is 29.2 Å². The molecule has 94 valence electrons. The van der Waals surface area contributed by atoms with Gasteiger partial charge in [0.1, 0.15) is 6.10 Å². The van der Waals surface area contributed by atoms with Crippen molar-refractivity contribution in [2.45, 2.75) is 25.9 Å². The molecule has 1 atom stereocenters. The molecule has 2 nitrogen and oxygen atoms in total. The molecule has 0 radical (unpaired) electrons. The number of nitrogens with zero attached hydrogens (tertiary/aromatic N) is 1. The van der Waals surface area contributed by atoms with E-state index < -0.39 is 6.10 Å². The van der Waals surface area contributed by atoms with Gasteiger partial charge in [-0.15, -0.1) is 0 Å². The second-order valence-corrected chi connectivity index (χ2v) is 5.00. The first-order valence-electron chi connectivity index (χ1n) is 5.98. The highest BCUT2D eigenvalue weighted by Crippen LogP contribution is 2.27. The molecule has 0 aliphatic heterocycles. The maximum absolute atomic E-state index is 10.3. The normalized spacial score (nSPS) is 12.7. The summed E-state index contributed by atoms with van der Waals surface area (Å²) in [5.74, 6) is 0.481. The van der Waals surface area contributed by atoms with Crippen LogP contribution in [-0.4, -0.2) is 10.1 Å². The maximum Gasteiger partial charge on any atom is 0.122 e. The minimum absolute atomic E-state index is 0.481. The van der Waals surface area contributed by atoms with Crippen LogP contribution in [0.4, 0.5) is 0 Å². The molecular weight excluding hydrogens is 246 g/mol. The van der Waals surface area contributed by atoms with Gasteiger partial charge in [-0.1, -0.05) is 49.7 Å². The zero-order valence-electron chi connectivity index (χ0n) is 10.5. The molecule has 3 heteroatoms. The fourth-order valence-corrected chi connectivity index (χ4v) is 2.05. The summed E-state index contributed by atoms with van der Waals surface area (Å²) in [5, 5.41) is 10.7. The Morgan fingerprint density at radius 1 is 1.06 bits per heavy atom. The average molecular weight is 262 g/mol. The first kappa shape index (κ1) is 13.1. The molecule has 1 aromatic carbocycles. The Morgan fingerprint density at radius 3 is 2.22 bits per heavy atom. The van der Waals surface area contributed by atoms with Crippen molar-refractivity contribution in [3.05, 3.63) is 64.4 Å². The summed E-state index contributed by atoms with van der Waals surface area (Å²) in [6, 6.07) is 11.4. The number of aromatic nitrogens is 1. The molecule has 0 spiro atoms. The van der Waals surface area contributed by atoms with Gasteiger partial charge in [-0.25, -0.2) is 0 Å². The predicted octanol–water partition coefficient (Wildman–Crippen LogP) is 3.94. The Bertz CT molecular complexity index is 522. The van der Waals surface area contributed by atoms with E-state index in [1.807, 2.05) is 24.3 Å². The van der Waals surface area contributed by atoms with Crippen LogP contribution in [0.5, 0.6) is 0 Å². The number of rotatable bonds is 3. The van der Waals surface area contributed by atoms with Crippen molar-refractivity contribution in [1.29, 1.82) is 0 Å². The largest absolute Gasteiger partial charge is 0.382 e. The summed E-state index contributed by atoms with van der Waals surface area (Å²) in [6.45, 7) is 4.28. The van der Waals surface area contributed by atoms with Gasteiger partial charge in [-0.2, -0.15) is 0 Å². The molecule has 2 aromatic rings. The summed E-state index contributed by atoms with van der Waals surface area (Å²) < 4.78 is 0. The SMILES string of the molecule is CC(C)c1ccc(C(O)c2ncccc2Cl)cc1. The maximum atomic E-state index is 10.3. The van der Waals surface area contributed by atoms with Gasteiger partial charge in [-0.3, -0.25) is 4.98 Å². The monoisotopic (exact) mass is 261 g/mol. The third-order valence-corrected chi connectivity index (χ3v) is 3.28. The zero-order chi connectivity index (χ0) is 13.1. The average Bonchev–Trinajstić information content (AvgIpc) is 2.38. The van der Waals surface area contributed by atoms with E-state index in [1.165, 1.54) is 5.56 Å². The van der Waals surface area contributed by atoms with Gasteiger partial charge < -0.3 is 5.11 Å². The first-order chi connectivity index (χ1) is 8.59. The molecule has 2 rings (SSSR count). The van der Waals surface area contributed by atoms with Crippen molar-refractivity contribution >= 4 is 11.6 Å². The molecule has 1 N–H and O–H groups in total. The molecule has 1 unspecified atom stereocenters. The van der Waals surface area contributed by atoms with Crippen molar-refractivity contribution in [3.8, 4) is 0 Å². The Kier molecular flexibility index (Phi) is 4.00. The Balaban J connectivity index is 2.29. The molecule has 0 aliphatic rings. The van der Waals surface area contributed by atoms with Gasteiger partial charge in [0.15, 0.2) is 0 Å². The van der Waals surface area contributed by atoms with Crippen molar-refractivity contribution in [3.63, 3.8) is 0 Å². The third kappa shape index (κ3) is 2.71. The van der Waals surface area contributed by atoms with Crippen LogP contribution in [0.3, 0.4) is 0 Å². The fourth-order valence-electron chi connectivity index (χ4n) is 1.82. The molecule has 0 fully saturated rings. The summed E-state index contributed by atoms with van der Waals surface area (Å²) in [5.41, 5.74) is 2.55. The summed E-state index contributed by atoms with van der Waals surface area (Å²) in [7, 11) is 0. The van der Waals surface area contributed by atoms with Gasteiger partial charge in [0.25, 0.3) is 0 Å². The van der Waals surface area contributed by atoms with E-state index in [2.05, 4.69) is 18.8 Å². The van der Waals surface area contributed by atoms with E-state index in [-0.39, 0.29) is 0 Å². The van der Waals surface area contributed by atoms with Gasteiger partial charge in [0.05, 0.1) is 10.7 Å². The highest BCUT2D eigenvalue weighted by molar-refractivity contribution is 6.31. The van der Waals surface area contributed by atoms with Crippen molar-refractivity contribution in [1.82, 2.24) is 4.98 Å². The second kappa shape index (κ2) is 5.51. The van der Waals surface area contributed by atoms with Crippen LogP contribution in [0.1, 0.15) is 42.7 Å². The van der Waals surface area contributed by atoms with Gasteiger partial charge >= 0.3 is 0 Å². The quantitative estimate of drug-likeness (QED) is 0.908. The van der Waals surface area contributed by atoms with Crippen molar-refractivity contribution in [2.24, 2.45) is 0 Å². The number of halogens is 1. The topological polar surface area (TPSA) is 33.1 Å². The van der Waals surface area contributed by atoms with Crippen LogP contribution in [0.2, 0.25) is 5.02 Å². The van der Waals surface area contributed by atoms with E-state index in [9.17, 15) is 5.11 Å². The molecule has 0 amide bonds. The van der Waals surface area contributed by atoms with Gasteiger partial charge in [0.2, 0.25) is 0 Å². The number of pyridine rings is 1. The molecule has 1 aromatic heterocycles. The minimum atomic E-state index is -0.778. The van der Waals surface area contributed by atoms with Crippen molar-refractivity contribution in [2.75, 3.05) is 0 Å². The number of hydrogen-bond donors (Lipinski definition) is 1. The molecule has 0 bridgehead atoms. The number of hydrogen-bond acceptors (Lipinski definition) is 2. The lowest BCUT2D eigenvalue weighted by molar-refractivity contribution is 0.215. The standard InChI is InChI=1S/C15H16ClNO/c1-10(2)11-5-7-12(8-6-11)15(18)14-13(16)4-3-9-17-14/h3-10,15,18H,1-2H3. The van der Waals surface area contributed by atoms with Crippen molar-refractivity contribution < 1.29 is 5.11 Å². The summed E-state index contributed by atoms with van der Waals surface area (Å²) in [4.78, 5) is 4.13. The van der Waals surface area contributed by atoms with Crippen LogP contribution in [0, 0.1) is 0 Å². The Morgan fingerprint density at radius 2 is 1.67 bits per heavy atom. The Hall–Kier alpha value is -1.38. The van der Waals surface area contributed by atoms with Crippen LogP contribution in [0.15, 0.2) is 42.6 Å². The number of benzene rings is 1. The second-order valence-electron chi connectivity index (χ2n) is 4.59. The smallest absolute Gasteiger partial charge is 0.122 e. The lowest BCUT2D eigenvalue weighted by Crippen LogP contribution is -2.03. The third-order valence-electron chi connectivity index (χ3n) is 2.96. The molecule has 0 saturated carbocycles. The minimum Gasteiger partial charge on any atom is -0.382 e. The van der Waals surface area contributed by atoms with E-state index in [1.54, 1.807) is 18.3 Å². The van der Waals surface area contributed by atoms with Crippen LogP contribution >= 0.6 is 11.6 Å². The molecule has 18 heavy (non-hydrogen) atoms. The van der Waals surface area contributed by atoms with E-state index in [0.717, 1.165) is 5.56 Å². The van der Waals surface area contributed by atoms with Gasteiger partial charge in [0, 0.05) is 6.20 Å². The van der Waals surface area contributed by atoms with Crippen LogP contribution < -0.4 is 0 Å². The number of aliphatic hydroxyl groups is 1. The highest BCUT2D eigenvalue weighted by atomic mass is 35.5. The fraction of sp³-hybridized carbons (Fsp3) is 0.267. The lowest BCUT2D eigenvalue weighted by Gasteiger charge is -2.13. The molecule has 0 aliphatic carbocycles. The van der Waals surface area contributed by atoms with E-state index >= 15 is 0 Å².